The van der Waals surface area contributed by atoms with Crippen molar-refractivity contribution in [2.75, 3.05) is 11.4 Å². The number of nitrogens with zero attached hydrogens (tertiary/aromatic N) is 1. The Kier molecular flexibility index (Phi) is 5.32. The van der Waals surface area contributed by atoms with Gasteiger partial charge in [0.05, 0.1) is 23.4 Å². The molecule has 0 aliphatic carbocycles. The Labute approximate surface area is 158 Å². The third-order valence-electron chi connectivity index (χ3n) is 4.15. The van der Waals surface area contributed by atoms with Gasteiger partial charge < -0.3 is 9.73 Å². The number of hydrogen-bond acceptors (Lipinski definition) is 4. The Morgan fingerprint density at radius 2 is 1.81 bits per heavy atom. The molecule has 6 nitrogen and oxygen atoms in total. The number of nitrogens with one attached hydrogen (secondary N) is 1. The maximum absolute atomic E-state index is 12.8. The summed E-state index contributed by atoms with van der Waals surface area (Å²) in [6.45, 7) is 2.15. The summed E-state index contributed by atoms with van der Waals surface area (Å²) in [5.74, 6) is 0.327. The third kappa shape index (κ3) is 4.20. The van der Waals surface area contributed by atoms with Gasteiger partial charge in [-0.1, -0.05) is 23.8 Å². The Morgan fingerprint density at radius 1 is 1.07 bits per heavy atom. The second kappa shape index (κ2) is 7.67. The van der Waals surface area contributed by atoms with Crippen molar-refractivity contribution in [1.29, 1.82) is 0 Å². The second-order valence-corrected chi connectivity index (χ2v) is 8.07. The predicted octanol–water partition coefficient (Wildman–Crippen LogP) is 3.34. The lowest BCUT2D eigenvalue weighted by atomic mass is 10.2. The van der Waals surface area contributed by atoms with Crippen LogP contribution in [-0.2, 0) is 16.6 Å². The number of benzene rings is 2. The SMILES string of the molecule is Cc1ccc(S(=O)(=O)N(C)c2cccc(C(=O)NCc3ccco3)c2)cc1. The number of rotatable bonds is 6. The number of hydrogen-bond donors (Lipinski definition) is 1. The molecule has 0 fully saturated rings. The topological polar surface area (TPSA) is 79.6 Å². The average molecular weight is 384 g/mol. The van der Waals surface area contributed by atoms with E-state index in [1.165, 1.54) is 17.6 Å². The molecule has 1 aromatic heterocycles. The summed E-state index contributed by atoms with van der Waals surface area (Å²) in [5.41, 5.74) is 1.75. The van der Waals surface area contributed by atoms with Crippen molar-refractivity contribution in [3.8, 4) is 0 Å². The molecule has 0 bridgehead atoms. The lowest BCUT2D eigenvalue weighted by Gasteiger charge is -2.20. The van der Waals surface area contributed by atoms with Crippen LogP contribution in [0.15, 0.2) is 76.2 Å². The standard InChI is InChI=1S/C20H20N2O4S/c1-15-8-10-19(11-9-15)27(24,25)22(2)17-6-3-5-16(13-17)20(23)21-14-18-7-4-12-26-18/h3-13H,14H2,1-2H3,(H,21,23). The maximum atomic E-state index is 12.8. The summed E-state index contributed by atoms with van der Waals surface area (Å²) in [6, 6.07) is 16.6. The van der Waals surface area contributed by atoms with Crippen LogP contribution in [0.25, 0.3) is 0 Å². The van der Waals surface area contributed by atoms with Crippen LogP contribution < -0.4 is 9.62 Å². The van der Waals surface area contributed by atoms with E-state index >= 15 is 0 Å². The zero-order chi connectivity index (χ0) is 19.4. The molecule has 0 saturated heterocycles. The number of amides is 1. The smallest absolute Gasteiger partial charge is 0.264 e. The van der Waals surface area contributed by atoms with E-state index < -0.39 is 10.0 Å². The van der Waals surface area contributed by atoms with Crippen molar-refractivity contribution in [2.45, 2.75) is 18.4 Å². The van der Waals surface area contributed by atoms with Crippen LogP contribution in [0.5, 0.6) is 0 Å². The number of carbonyl (C=O) groups is 1. The Balaban J connectivity index is 1.79. The van der Waals surface area contributed by atoms with Gasteiger partial charge in [0.1, 0.15) is 5.76 Å². The van der Waals surface area contributed by atoms with E-state index in [0.29, 0.717) is 17.0 Å². The van der Waals surface area contributed by atoms with Crippen LogP contribution in [0, 0.1) is 6.92 Å². The first-order chi connectivity index (χ1) is 12.9. The highest BCUT2D eigenvalue weighted by Crippen LogP contribution is 2.23. The van der Waals surface area contributed by atoms with Crippen molar-refractivity contribution >= 4 is 21.6 Å². The minimum atomic E-state index is -3.71. The lowest BCUT2D eigenvalue weighted by molar-refractivity contribution is 0.0948. The second-order valence-electron chi connectivity index (χ2n) is 6.10. The fraction of sp³-hybridized carbons (Fsp3) is 0.150. The highest BCUT2D eigenvalue weighted by molar-refractivity contribution is 7.92. The van der Waals surface area contributed by atoms with E-state index in [-0.39, 0.29) is 17.3 Å². The monoisotopic (exact) mass is 384 g/mol. The molecule has 0 radical (unpaired) electrons. The predicted molar refractivity (Wildman–Crippen MR) is 103 cm³/mol. The zero-order valence-electron chi connectivity index (χ0n) is 15.0. The van der Waals surface area contributed by atoms with E-state index in [1.54, 1.807) is 60.7 Å². The number of anilines is 1. The molecule has 1 amide bonds. The molecule has 1 N–H and O–H groups in total. The van der Waals surface area contributed by atoms with Gasteiger partial charge >= 0.3 is 0 Å². The third-order valence-corrected chi connectivity index (χ3v) is 5.95. The molecule has 0 saturated carbocycles. The van der Waals surface area contributed by atoms with Gasteiger partial charge in [-0.25, -0.2) is 8.42 Å². The summed E-state index contributed by atoms with van der Waals surface area (Å²) in [6.07, 6.45) is 1.53. The zero-order valence-corrected chi connectivity index (χ0v) is 15.9. The summed E-state index contributed by atoms with van der Waals surface area (Å²) in [7, 11) is -2.25. The van der Waals surface area contributed by atoms with Gasteiger partial charge in [0.2, 0.25) is 0 Å². The fourth-order valence-electron chi connectivity index (χ4n) is 2.53. The van der Waals surface area contributed by atoms with Crippen molar-refractivity contribution in [2.24, 2.45) is 0 Å². The molecule has 0 unspecified atom stereocenters. The number of furan rings is 1. The normalized spacial score (nSPS) is 11.2. The van der Waals surface area contributed by atoms with Gasteiger partial charge in [-0.15, -0.1) is 0 Å². The Hall–Kier alpha value is -3.06. The molecule has 1 heterocycles. The fourth-order valence-corrected chi connectivity index (χ4v) is 3.72. The molecule has 0 atom stereocenters. The molecular formula is C20H20N2O4S. The Bertz CT molecular complexity index is 1030. The van der Waals surface area contributed by atoms with Crippen molar-refractivity contribution < 1.29 is 17.6 Å². The number of aryl methyl sites for hydroxylation is 1. The first kappa shape index (κ1) is 18.7. The van der Waals surface area contributed by atoms with Crippen LogP contribution in [-0.4, -0.2) is 21.4 Å². The summed E-state index contributed by atoms with van der Waals surface area (Å²) in [5, 5.41) is 2.74. The summed E-state index contributed by atoms with van der Waals surface area (Å²) in [4.78, 5) is 12.5. The van der Waals surface area contributed by atoms with Gasteiger partial charge in [-0.2, -0.15) is 0 Å². The van der Waals surface area contributed by atoms with E-state index in [0.717, 1.165) is 5.56 Å². The van der Waals surface area contributed by atoms with Crippen LogP contribution in [0.3, 0.4) is 0 Å². The summed E-state index contributed by atoms with van der Waals surface area (Å²) >= 11 is 0. The van der Waals surface area contributed by atoms with Gasteiger partial charge in [0.25, 0.3) is 15.9 Å². The quantitative estimate of drug-likeness (QED) is 0.707. The molecule has 27 heavy (non-hydrogen) atoms. The number of carbonyl (C=O) groups excluding carboxylic acids is 1. The largest absolute Gasteiger partial charge is 0.467 e. The van der Waals surface area contributed by atoms with Crippen molar-refractivity contribution in [1.82, 2.24) is 5.32 Å². The van der Waals surface area contributed by atoms with Crippen LogP contribution in [0.2, 0.25) is 0 Å². The van der Waals surface area contributed by atoms with Gasteiger partial charge in [0.15, 0.2) is 0 Å². The van der Waals surface area contributed by atoms with E-state index in [1.807, 2.05) is 6.92 Å². The van der Waals surface area contributed by atoms with Crippen LogP contribution in [0.4, 0.5) is 5.69 Å². The number of sulfonamides is 1. The molecule has 0 aliphatic rings. The molecule has 7 heteroatoms. The van der Waals surface area contributed by atoms with Gasteiger partial charge in [-0.05, 0) is 49.4 Å². The van der Waals surface area contributed by atoms with Crippen molar-refractivity contribution in [3.05, 3.63) is 83.8 Å². The molecule has 140 valence electrons. The van der Waals surface area contributed by atoms with Gasteiger partial charge in [-0.3, -0.25) is 9.10 Å². The van der Waals surface area contributed by atoms with Crippen molar-refractivity contribution in [3.63, 3.8) is 0 Å². The first-order valence-corrected chi connectivity index (χ1v) is 9.78. The molecule has 3 rings (SSSR count). The van der Waals surface area contributed by atoms with Gasteiger partial charge in [0, 0.05) is 12.6 Å². The molecule has 3 aromatic rings. The minimum Gasteiger partial charge on any atom is -0.467 e. The minimum absolute atomic E-state index is 0.197. The average Bonchev–Trinajstić information content (AvgIpc) is 3.19. The summed E-state index contributed by atoms with van der Waals surface area (Å²) < 4.78 is 32.0. The molecule has 2 aromatic carbocycles. The maximum Gasteiger partial charge on any atom is 0.264 e. The van der Waals surface area contributed by atoms with E-state index in [4.69, 9.17) is 4.42 Å². The van der Waals surface area contributed by atoms with Crippen LogP contribution in [0.1, 0.15) is 21.7 Å². The lowest BCUT2D eigenvalue weighted by Crippen LogP contribution is -2.27. The molecular weight excluding hydrogens is 364 g/mol. The van der Waals surface area contributed by atoms with E-state index in [2.05, 4.69) is 5.32 Å². The highest BCUT2D eigenvalue weighted by Gasteiger charge is 2.21. The first-order valence-electron chi connectivity index (χ1n) is 8.34. The highest BCUT2D eigenvalue weighted by atomic mass is 32.2. The molecule has 0 spiro atoms. The van der Waals surface area contributed by atoms with E-state index in [9.17, 15) is 13.2 Å². The Morgan fingerprint density at radius 3 is 2.48 bits per heavy atom. The molecule has 0 aliphatic heterocycles. The van der Waals surface area contributed by atoms with Crippen LogP contribution >= 0.6 is 0 Å².